The summed E-state index contributed by atoms with van der Waals surface area (Å²) >= 11 is 2.07. The van der Waals surface area contributed by atoms with Gasteiger partial charge in [-0.15, -0.1) is 0 Å². The van der Waals surface area contributed by atoms with Crippen LogP contribution in [-0.2, 0) is 0 Å². The molecule has 0 aliphatic heterocycles. The molecule has 0 aromatic carbocycles. The third kappa shape index (κ3) is 2.04. The Hall–Kier alpha value is 0.310. The summed E-state index contributed by atoms with van der Waals surface area (Å²) in [5.74, 6) is 0.976. The second-order valence-electron chi connectivity index (χ2n) is 4.90. The summed E-state index contributed by atoms with van der Waals surface area (Å²) in [6, 6.07) is 0.847. The van der Waals surface area contributed by atoms with Gasteiger partial charge in [0.15, 0.2) is 0 Å². The van der Waals surface area contributed by atoms with Gasteiger partial charge in [0.2, 0.25) is 0 Å². The van der Waals surface area contributed by atoms with Crippen molar-refractivity contribution in [3.63, 3.8) is 0 Å². The molecule has 0 saturated heterocycles. The minimum Gasteiger partial charge on any atom is -0.313 e. The van der Waals surface area contributed by atoms with Gasteiger partial charge in [-0.05, 0) is 37.9 Å². The zero-order valence-corrected chi connectivity index (χ0v) is 9.62. The number of hydrogen-bond acceptors (Lipinski definition) is 2. The van der Waals surface area contributed by atoms with Crippen molar-refractivity contribution in [1.82, 2.24) is 5.32 Å². The first-order valence-electron chi connectivity index (χ1n) is 5.53. The van der Waals surface area contributed by atoms with Crippen LogP contribution in [-0.4, -0.2) is 23.6 Å². The maximum atomic E-state index is 3.72. The lowest BCUT2D eigenvalue weighted by atomic mass is 9.80. The third-order valence-corrected chi connectivity index (χ3v) is 5.20. The number of hydrogen-bond donors (Lipinski definition) is 1. The van der Waals surface area contributed by atoms with Gasteiger partial charge in [0, 0.05) is 17.3 Å². The highest BCUT2D eigenvalue weighted by Gasteiger charge is 2.37. The van der Waals surface area contributed by atoms with Crippen molar-refractivity contribution in [2.75, 3.05) is 12.8 Å². The molecular weight excluding hydrogens is 178 g/mol. The topological polar surface area (TPSA) is 12.0 Å². The fourth-order valence-corrected chi connectivity index (χ4v) is 3.35. The first kappa shape index (κ1) is 9.85. The normalized spacial score (nSPS) is 36.5. The van der Waals surface area contributed by atoms with Gasteiger partial charge in [-0.2, -0.15) is 11.8 Å². The van der Waals surface area contributed by atoms with E-state index < -0.39 is 0 Å². The Kier molecular flexibility index (Phi) is 2.89. The van der Waals surface area contributed by atoms with Gasteiger partial charge in [0.1, 0.15) is 0 Å². The van der Waals surface area contributed by atoms with Crippen LogP contribution in [0.3, 0.4) is 0 Å². The number of nitrogens with one attached hydrogen (secondary N) is 1. The third-order valence-electron chi connectivity index (χ3n) is 3.78. The van der Waals surface area contributed by atoms with Gasteiger partial charge < -0.3 is 5.32 Å². The zero-order chi connectivity index (χ0) is 9.31. The molecule has 1 nitrogen and oxygen atoms in total. The Morgan fingerprint density at radius 2 is 2.08 bits per heavy atom. The fourth-order valence-electron chi connectivity index (χ4n) is 2.42. The molecule has 0 atom stereocenters. The van der Waals surface area contributed by atoms with Crippen LogP contribution in [0.15, 0.2) is 0 Å². The molecule has 0 bridgehead atoms. The summed E-state index contributed by atoms with van der Waals surface area (Å²) < 4.78 is 0.624. The van der Waals surface area contributed by atoms with E-state index >= 15 is 0 Å². The van der Waals surface area contributed by atoms with Crippen LogP contribution in [0.25, 0.3) is 0 Å². The van der Waals surface area contributed by atoms with E-state index in [1.807, 2.05) is 0 Å². The largest absolute Gasteiger partial charge is 0.313 e. The second kappa shape index (κ2) is 3.82. The lowest BCUT2D eigenvalue weighted by Gasteiger charge is -2.43. The molecule has 0 aromatic rings. The Balaban J connectivity index is 1.66. The molecule has 2 aliphatic carbocycles. The van der Waals surface area contributed by atoms with E-state index in [1.54, 1.807) is 0 Å². The summed E-state index contributed by atoms with van der Waals surface area (Å²) in [5.41, 5.74) is 0. The van der Waals surface area contributed by atoms with Crippen molar-refractivity contribution in [2.24, 2.45) is 5.92 Å². The molecular formula is C11H21NS. The first-order chi connectivity index (χ1) is 6.24. The molecule has 0 amide bonds. The smallest absolute Gasteiger partial charge is 0.0281 e. The highest BCUT2D eigenvalue weighted by Crippen LogP contribution is 2.42. The van der Waals surface area contributed by atoms with Crippen LogP contribution in [0, 0.1) is 5.92 Å². The van der Waals surface area contributed by atoms with Crippen LogP contribution in [0.4, 0.5) is 0 Å². The van der Waals surface area contributed by atoms with Crippen molar-refractivity contribution >= 4 is 11.8 Å². The quantitative estimate of drug-likeness (QED) is 0.747. The predicted molar refractivity (Wildman–Crippen MR) is 60.3 cm³/mol. The molecule has 0 aromatic heterocycles. The monoisotopic (exact) mass is 199 g/mol. The molecule has 2 aliphatic rings. The SMILES string of the molecule is CSC1(CNC2CC(C)C2)CCC1. The van der Waals surface area contributed by atoms with Gasteiger partial charge in [0.25, 0.3) is 0 Å². The molecule has 13 heavy (non-hydrogen) atoms. The fraction of sp³-hybridized carbons (Fsp3) is 1.00. The maximum absolute atomic E-state index is 3.72. The van der Waals surface area contributed by atoms with E-state index in [2.05, 4.69) is 30.3 Å². The van der Waals surface area contributed by atoms with Crippen molar-refractivity contribution in [3.05, 3.63) is 0 Å². The van der Waals surface area contributed by atoms with Crippen molar-refractivity contribution in [3.8, 4) is 0 Å². The van der Waals surface area contributed by atoms with Crippen molar-refractivity contribution < 1.29 is 0 Å². The molecule has 0 heterocycles. The Morgan fingerprint density at radius 1 is 1.38 bits per heavy atom. The van der Waals surface area contributed by atoms with Crippen molar-refractivity contribution in [2.45, 2.75) is 49.8 Å². The molecule has 2 rings (SSSR count). The number of rotatable bonds is 4. The van der Waals surface area contributed by atoms with E-state index in [9.17, 15) is 0 Å². The second-order valence-corrected chi connectivity index (χ2v) is 6.17. The van der Waals surface area contributed by atoms with Gasteiger partial charge in [-0.1, -0.05) is 13.3 Å². The molecule has 2 saturated carbocycles. The Labute approximate surface area is 86.0 Å². The first-order valence-corrected chi connectivity index (χ1v) is 6.75. The summed E-state index contributed by atoms with van der Waals surface area (Å²) in [6.45, 7) is 3.61. The summed E-state index contributed by atoms with van der Waals surface area (Å²) in [6.07, 6.45) is 9.40. The summed E-state index contributed by atoms with van der Waals surface area (Å²) in [4.78, 5) is 0. The van der Waals surface area contributed by atoms with Crippen molar-refractivity contribution in [1.29, 1.82) is 0 Å². The highest BCUT2D eigenvalue weighted by atomic mass is 32.2. The zero-order valence-electron chi connectivity index (χ0n) is 8.81. The molecule has 0 spiro atoms. The molecule has 2 fully saturated rings. The highest BCUT2D eigenvalue weighted by molar-refractivity contribution is 8.00. The Bertz CT molecular complexity index is 165. The van der Waals surface area contributed by atoms with E-state index in [0.29, 0.717) is 4.75 Å². The number of thioether (sulfide) groups is 1. The molecule has 1 N–H and O–H groups in total. The maximum Gasteiger partial charge on any atom is 0.0281 e. The van der Waals surface area contributed by atoms with Crippen LogP contribution >= 0.6 is 11.8 Å². The van der Waals surface area contributed by atoms with E-state index in [-0.39, 0.29) is 0 Å². The molecule has 0 radical (unpaired) electrons. The van der Waals surface area contributed by atoms with Gasteiger partial charge in [-0.25, -0.2) is 0 Å². The lowest BCUT2D eigenvalue weighted by molar-refractivity contribution is 0.221. The minimum absolute atomic E-state index is 0.624. The van der Waals surface area contributed by atoms with E-state index in [4.69, 9.17) is 0 Å². The molecule has 2 heteroatoms. The van der Waals surface area contributed by atoms with Crippen LogP contribution < -0.4 is 5.32 Å². The molecule has 0 unspecified atom stereocenters. The van der Waals surface area contributed by atoms with Gasteiger partial charge in [-0.3, -0.25) is 0 Å². The van der Waals surface area contributed by atoms with Crippen LogP contribution in [0.1, 0.15) is 39.0 Å². The van der Waals surface area contributed by atoms with Gasteiger partial charge >= 0.3 is 0 Å². The lowest BCUT2D eigenvalue weighted by Crippen LogP contribution is -2.49. The van der Waals surface area contributed by atoms with Gasteiger partial charge in [0.05, 0.1) is 0 Å². The Morgan fingerprint density at radius 3 is 2.46 bits per heavy atom. The van der Waals surface area contributed by atoms with Crippen LogP contribution in [0.5, 0.6) is 0 Å². The van der Waals surface area contributed by atoms with E-state index in [0.717, 1.165) is 12.0 Å². The van der Waals surface area contributed by atoms with E-state index in [1.165, 1.54) is 38.6 Å². The average Bonchev–Trinajstić information content (AvgIpc) is 1.99. The van der Waals surface area contributed by atoms with Crippen LogP contribution in [0.2, 0.25) is 0 Å². The standard InChI is InChI=1S/C11H21NS/c1-9-6-10(7-9)12-8-11(13-2)4-3-5-11/h9-10,12H,3-8H2,1-2H3. The minimum atomic E-state index is 0.624. The molecule has 76 valence electrons. The average molecular weight is 199 g/mol. The summed E-state index contributed by atoms with van der Waals surface area (Å²) in [7, 11) is 0. The predicted octanol–water partition coefficient (Wildman–Crippen LogP) is 2.66. The summed E-state index contributed by atoms with van der Waals surface area (Å²) in [5, 5.41) is 3.72.